The number of hydrogen-bond acceptors (Lipinski definition) is 5. The molecule has 28 heavy (non-hydrogen) atoms. The van der Waals surface area contributed by atoms with E-state index in [-0.39, 0.29) is 0 Å². The van der Waals surface area contributed by atoms with Crippen molar-refractivity contribution in [2.24, 2.45) is 0 Å². The Balaban J connectivity index is 2.40. The van der Waals surface area contributed by atoms with Crippen molar-refractivity contribution < 1.29 is 34.4 Å². The van der Waals surface area contributed by atoms with E-state index >= 15 is 0 Å². The van der Waals surface area contributed by atoms with Gasteiger partial charge in [-0.1, -0.05) is 24.3 Å². The number of hydrogen-bond donors (Lipinski definition) is 5. The zero-order valence-electron chi connectivity index (χ0n) is 15.3. The lowest BCUT2D eigenvalue weighted by atomic mass is 9.91. The van der Waals surface area contributed by atoms with Gasteiger partial charge in [0.25, 0.3) is 0 Å². The minimum absolute atomic E-state index is 0.446. The second-order valence-corrected chi connectivity index (χ2v) is 5.89. The van der Waals surface area contributed by atoms with E-state index in [1.165, 1.54) is 14.2 Å². The summed E-state index contributed by atoms with van der Waals surface area (Å²) in [6.45, 7) is 0. The van der Waals surface area contributed by atoms with E-state index in [9.17, 15) is 24.9 Å². The zero-order chi connectivity index (χ0) is 20.7. The van der Waals surface area contributed by atoms with E-state index in [0.29, 0.717) is 22.6 Å². The first kappa shape index (κ1) is 20.8. The Morgan fingerprint density at radius 3 is 1.32 bits per heavy atom. The van der Waals surface area contributed by atoms with E-state index in [0.717, 1.165) is 0 Å². The highest BCUT2D eigenvalue weighted by Gasteiger charge is 2.32. The Kier molecular flexibility index (Phi) is 7.05. The first-order valence-corrected chi connectivity index (χ1v) is 8.30. The van der Waals surface area contributed by atoms with Gasteiger partial charge in [0.05, 0.1) is 26.3 Å². The van der Waals surface area contributed by atoms with E-state index in [2.05, 4.69) is 10.6 Å². The quantitative estimate of drug-likeness (QED) is 0.467. The lowest BCUT2D eigenvalue weighted by molar-refractivity contribution is 0.0817. The van der Waals surface area contributed by atoms with Crippen molar-refractivity contribution in [1.82, 2.24) is 10.6 Å². The van der Waals surface area contributed by atoms with Crippen LogP contribution in [0.4, 0.5) is 9.59 Å². The van der Waals surface area contributed by atoms with Crippen LogP contribution in [-0.2, 0) is 0 Å². The molecule has 2 atom stereocenters. The number of ether oxygens (including phenoxy) is 2. The van der Waals surface area contributed by atoms with Gasteiger partial charge in [-0.2, -0.15) is 0 Å². The molecule has 0 bridgehead atoms. The standard InChI is InChI=1S/C19H22N2O7/c1-27-13-7-3-11(4-8-13)15(20-18(23)24)17(22)16(21-19(25)26)12-5-9-14(28-2)10-6-12/h3-10,15-17,20-22H,1-2H3,(H,23,24)(H,25,26)/t15-,16-/m1/s1. The summed E-state index contributed by atoms with van der Waals surface area (Å²) in [5, 5.41) is 33.8. The van der Waals surface area contributed by atoms with Crippen molar-refractivity contribution in [3.8, 4) is 11.5 Å². The molecular formula is C19H22N2O7. The monoisotopic (exact) mass is 390 g/mol. The molecule has 0 saturated heterocycles. The average Bonchev–Trinajstić information content (AvgIpc) is 2.69. The molecular weight excluding hydrogens is 368 g/mol. The van der Waals surface area contributed by atoms with Gasteiger partial charge in [-0.05, 0) is 35.4 Å². The van der Waals surface area contributed by atoms with Crippen LogP contribution in [0.1, 0.15) is 23.2 Å². The number of amides is 2. The van der Waals surface area contributed by atoms with Gasteiger partial charge < -0.3 is 35.4 Å². The third-order valence-corrected chi connectivity index (χ3v) is 4.19. The maximum Gasteiger partial charge on any atom is 0.405 e. The maximum absolute atomic E-state index is 11.3. The molecule has 5 N–H and O–H groups in total. The fraction of sp³-hybridized carbons (Fsp3) is 0.263. The van der Waals surface area contributed by atoms with Crippen molar-refractivity contribution in [3.05, 3.63) is 59.7 Å². The van der Waals surface area contributed by atoms with Crippen LogP contribution in [0.15, 0.2) is 48.5 Å². The number of methoxy groups -OCH3 is 2. The molecule has 0 aliphatic carbocycles. The second-order valence-electron chi connectivity index (χ2n) is 5.89. The lowest BCUT2D eigenvalue weighted by Gasteiger charge is -2.30. The van der Waals surface area contributed by atoms with Crippen LogP contribution in [0.25, 0.3) is 0 Å². The maximum atomic E-state index is 11.3. The molecule has 0 unspecified atom stereocenters. The Hall–Kier alpha value is -3.46. The minimum Gasteiger partial charge on any atom is -0.497 e. The van der Waals surface area contributed by atoms with Crippen molar-refractivity contribution in [1.29, 1.82) is 0 Å². The summed E-state index contributed by atoms with van der Waals surface area (Å²) >= 11 is 0. The summed E-state index contributed by atoms with van der Waals surface area (Å²) in [7, 11) is 2.99. The van der Waals surface area contributed by atoms with Gasteiger partial charge in [0.1, 0.15) is 17.6 Å². The van der Waals surface area contributed by atoms with E-state index in [4.69, 9.17) is 9.47 Å². The predicted molar refractivity (Wildman–Crippen MR) is 99.8 cm³/mol. The van der Waals surface area contributed by atoms with Crippen LogP contribution in [0.3, 0.4) is 0 Å². The lowest BCUT2D eigenvalue weighted by Crippen LogP contribution is -2.44. The molecule has 9 heteroatoms. The van der Waals surface area contributed by atoms with E-state index in [1.54, 1.807) is 48.5 Å². The van der Waals surface area contributed by atoms with Crippen molar-refractivity contribution in [2.45, 2.75) is 18.2 Å². The molecule has 2 aromatic rings. The largest absolute Gasteiger partial charge is 0.497 e. The molecule has 2 amide bonds. The average molecular weight is 390 g/mol. The number of benzene rings is 2. The Morgan fingerprint density at radius 2 is 1.07 bits per heavy atom. The van der Waals surface area contributed by atoms with Gasteiger partial charge in [-0.3, -0.25) is 0 Å². The number of carboxylic acid groups (broad SMARTS) is 2. The molecule has 0 aliphatic heterocycles. The smallest absolute Gasteiger partial charge is 0.405 e. The Bertz CT molecular complexity index is 725. The second kappa shape index (κ2) is 9.47. The van der Waals surface area contributed by atoms with Gasteiger partial charge in [0, 0.05) is 0 Å². The number of nitrogens with one attached hydrogen (secondary N) is 2. The third-order valence-electron chi connectivity index (χ3n) is 4.19. The number of carbonyl (C=O) groups is 2. The summed E-state index contributed by atoms with van der Waals surface area (Å²) in [6, 6.07) is 10.6. The topological polar surface area (TPSA) is 137 Å². The highest BCUT2D eigenvalue weighted by molar-refractivity contribution is 5.66. The van der Waals surface area contributed by atoms with Crippen LogP contribution in [0.2, 0.25) is 0 Å². The summed E-state index contributed by atoms with van der Waals surface area (Å²) < 4.78 is 10.2. The van der Waals surface area contributed by atoms with Gasteiger partial charge in [0.2, 0.25) is 0 Å². The molecule has 0 spiro atoms. The highest BCUT2D eigenvalue weighted by Crippen LogP contribution is 2.29. The third kappa shape index (κ3) is 5.27. The molecule has 2 rings (SSSR count). The molecule has 150 valence electrons. The normalized spacial score (nSPS) is 12.7. The van der Waals surface area contributed by atoms with Gasteiger partial charge >= 0.3 is 12.2 Å². The van der Waals surface area contributed by atoms with Crippen LogP contribution in [0.5, 0.6) is 11.5 Å². The van der Waals surface area contributed by atoms with E-state index < -0.39 is 30.4 Å². The summed E-state index contributed by atoms with van der Waals surface area (Å²) in [6.07, 6.45) is -4.15. The molecule has 0 fully saturated rings. The fourth-order valence-corrected chi connectivity index (χ4v) is 2.81. The molecule has 2 aromatic carbocycles. The van der Waals surface area contributed by atoms with Gasteiger partial charge in [0.15, 0.2) is 0 Å². The summed E-state index contributed by atoms with van der Waals surface area (Å²) in [4.78, 5) is 22.6. The minimum atomic E-state index is -1.44. The molecule has 0 aromatic heterocycles. The van der Waals surface area contributed by atoms with Crippen molar-refractivity contribution in [2.75, 3.05) is 14.2 Å². The Labute approximate surface area is 161 Å². The summed E-state index contributed by atoms with van der Waals surface area (Å²) in [5.41, 5.74) is 0.891. The molecule has 9 nitrogen and oxygen atoms in total. The predicted octanol–water partition coefficient (Wildman–Crippen LogP) is 2.38. The molecule has 0 radical (unpaired) electrons. The zero-order valence-corrected chi connectivity index (χ0v) is 15.3. The molecule has 0 saturated carbocycles. The SMILES string of the molecule is COc1ccc([C@@H](NC(=O)O)C(O)[C@H](NC(=O)O)c2ccc(OC)cc2)cc1. The number of aliphatic hydroxyl groups is 1. The van der Waals surface area contributed by atoms with Crippen molar-refractivity contribution in [3.63, 3.8) is 0 Å². The van der Waals surface area contributed by atoms with Crippen LogP contribution < -0.4 is 20.1 Å². The van der Waals surface area contributed by atoms with Crippen LogP contribution in [0, 0.1) is 0 Å². The molecule has 0 aliphatic rings. The highest BCUT2D eigenvalue weighted by atomic mass is 16.5. The summed E-state index contributed by atoms with van der Waals surface area (Å²) in [5.74, 6) is 1.12. The Morgan fingerprint density at radius 1 is 0.750 bits per heavy atom. The van der Waals surface area contributed by atoms with Crippen molar-refractivity contribution >= 4 is 12.2 Å². The molecule has 0 heterocycles. The van der Waals surface area contributed by atoms with E-state index in [1.807, 2.05) is 0 Å². The van der Waals surface area contributed by atoms with Crippen LogP contribution >= 0.6 is 0 Å². The number of rotatable bonds is 8. The number of aliphatic hydroxyl groups excluding tert-OH is 1. The van der Waals surface area contributed by atoms with Gasteiger partial charge in [-0.15, -0.1) is 0 Å². The fourth-order valence-electron chi connectivity index (χ4n) is 2.81. The first-order chi connectivity index (χ1) is 13.3. The van der Waals surface area contributed by atoms with Crippen LogP contribution in [-0.4, -0.2) is 47.8 Å². The van der Waals surface area contributed by atoms with Gasteiger partial charge in [-0.25, -0.2) is 9.59 Å². The first-order valence-electron chi connectivity index (χ1n) is 8.30.